The van der Waals surface area contributed by atoms with Gasteiger partial charge in [0.2, 0.25) is 0 Å². The van der Waals surface area contributed by atoms with Crippen LogP contribution in [-0.2, 0) is 24.4 Å². The molecule has 0 heterocycles. The lowest BCUT2D eigenvalue weighted by Crippen LogP contribution is -2.53. The van der Waals surface area contributed by atoms with Crippen LogP contribution in [0, 0.1) is 5.92 Å². The van der Waals surface area contributed by atoms with Crippen molar-refractivity contribution in [3.63, 3.8) is 0 Å². The molecule has 1 fully saturated rings. The number of ether oxygens (including phenoxy) is 1. The molecule has 1 aliphatic rings. The molecule has 0 aromatic rings. The van der Waals surface area contributed by atoms with Gasteiger partial charge < -0.3 is 4.74 Å². The van der Waals surface area contributed by atoms with E-state index in [4.69, 9.17) is 4.55 Å². The fraction of sp³-hybridized carbons (Fsp3) is 0.800. The zero-order valence-corrected chi connectivity index (χ0v) is 11.6. The highest BCUT2D eigenvalue weighted by atomic mass is 32.2. The van der Waals surface area contributed by atoms with E-state index in [1.807, 2.05) is 0 Å². The molecule has 2 unspecified atom stereocenters. The summed E-state index contributed by atoms with van der Waals surface area (Å²) in [5.74, 6) is -4.32. The van der Waals surface area contributed by atoms with Crippen LogP contribution < -0.4 is 0 Å². The second kappa shape index (κ2) is 6.07. The second-order valence-electron chi connectivity index (χ2n) is 4.66. The van der Waals surface area contributed by atoms with E-state index in [1.54, 1.807) is 0 Å². The third-order valence-electron chi connectivity index (χ3n) is 3.02. The van der Waals surface area contributed by atoms with Crippen LogP contribution in [0.1, 0.15) is 25.7 Å². The van der Waals surface area contributed by atoms with E-state index < -0.39 is 45.3 Å². The number of Topliss-reactive ketones (excluding diaryl/α,β-unsaturated/α-hetero) is 1. The van der Waals surface area contributed by atoms with Crippen molar-refractivity contribution in [2.75, 3.05) is 0 Å². The number of esters is 1. The maximum atomic E-state index is 13.2. The molecule has 0 saturated heterocycles. The fourth-order valence-corrected chi connectivity index (χ4v) is 2.34. The van der Waals surface area contributed by atoms with Crippen LogP contribution in [-0.4, -0.2) is 42.3 Å². The van der Waals surface area contributed by atoms with Crippen molar-refractivity contribution in [1.82, 2.24) is 0 Å². The summed E-state index contributed by atoms with van der Waals surface area (Å²) in [5.41, 5.74) is 0. The van der Waals surface area contributed by atoms with Crippen LogP contribution >= 0.6 is 0 Å². The van der Waals surface area contributed by atoms with E-state index in [0.717, 1.165) is 0 Å². The first kappa shape index (κ1) is 18.7. The Bertz CT molecular complexity index is 555. The molecule has 0 bridgehead atoms. The Hall–Kier alpha value is -1.30. The van der Waals surface area contributed by atoms with Crippen molar-refractivity contribution in [3.8, 4) is 0 Å². The van der Waals surface area contributed by atoms with E-state index in [0.29, 0.717) is 12.8 Å². The first-order valence-electron chi connectivity index (χ1n) is 5.93. The highest BCUT2D eigenvalue weighted by Gasteiger charge is 2.66. The van der Waals surface area contributed by atoms with Crippen molar-refractivity contribution < 1.29 is 49.2 Å². The van der Waals surface area contributed by atoms with Gasteiger partial charge in [0, 0.05) is 6.42 Å². The van der Waals surface area contributed by atoms with Crippen molar-refractivity contribution >= 4 is 21.9 Å². The largest absolute Gasteiger partial charge is 0.444 e. The van der Waals surface area contributed by atoms with Crippen LogP contribution in [0.25, 0.3) is 0 Å². The third-order valence-corrected chi connectivity index (χ3v) is 3.92. The van der Waals surface area contributed by atoms with E-state index in [2.05, 4.69) is 4.74 Å². The predicted molar refractivity (Wildman–Crippen MR) is 59.4 cm³/mol. The van der Waals surface area contributed by atoms with Crippen molar-refractivity contribution in [1.29, 1.82) is 0 Å². The summed E-state index contributed by atoms with van der Waals surface area (Å²) >= 11 is 0. The monoisotopic (exact) mass is 354 g/mol. The third kappa shape index (κ3) is 3.91. The molecule has 0 amide bonds. The Labute approximate surface area is 121 Å². The van der Waals surface area contributed by atoms with Crippen molar-refractivity contribution in [2.45, 2.75) is 43.2 Å². The Balaban J connectivity index is 3.06. The minimum absolute atomic E-state index is 0.120. The molecule has 12 heteroatoms. The lowest BCUT2D eigenvalue weighted by Gasteiger charge is -2.28. The number of halogens is 5. The molecular weight excluding hydrogens is 343 g/mol. The Morgan fingerprint density at radius 2 is 1.77 bits per heavy atom. The summed E-state index contributed by atoms with van der Waals surface area (Å²) in [6.45, 7) is 0. The number of hydrogen-bond donors (Lipinski definition) is 1. The smallest absolute Gasteiger partial charge is 0.432 e. The Morgan fingerprint density at radius 3 is 2.18 bits per heavy atom. The van der Waals surface area contributed by atoms with Gasteiger partial charge in [-0.1, -0.05) is 6.42 Å². The van der Waals surface area contributed by atoms with Crippen molar-refractivity contribution in [3.05, 3.63) is 0 Å². The summed E-state index contributed by atoms with van der Waals surface area (Å²) < 4.78 is 96.6. The van der Waals surface area contributed by atoms with Crippen molar-refractivity contribution in [2.24, 2.45) is 5.92 Å². The topological polar surface area (TPSA) is 97.7 Å². The molecule has 1 rings (SSSR count). The Morgan fingerprint density at radius 1 is 1.23 bits per heavy atom. The van der Waals surface area contributed by atoms with Gasteiger partial charge in [-0.3, -0.25) is 14.1 Å². The van der Waals surface area contributed by atoms with E-state index >= 15 is 0 Å². The van der Waals surface area contributed by atoms with Gasteiger partial charge in [-0.25, -0.2) is 0 Å². The lowest BCUT2D eigenvalue weighted by molar-refractivity contribution is -0.260. The molecule has 128 valence electrons. The second-order valence-corrected chi connectivity index (χ2v) is 6.15. The van der Waals surface area contributed by atoms with Crippen LogP contribution in [0.3, 0.4) is 0 Å². The maximum Gasteiger partial charge on any atom is 0.432 e. The highest BCUT2D eigenvalue weighted by Crippen LogP contribution is 2.38. The number of alkyl halides is 5. The summed E-state index contributed by atoms with van der Waals surface area (Å²) in [5, 5.41) is -5.79. The van der Waals surface area contributed by atoms with Gasteiger partial charge in [-0.15, -0.1) is 0 Å². The standard InChI is InChI=1S/C10H11F5O6S/c11-9(12,13)8(10(14,15)22(18,19)20)21-7(17)5-3-1-2-4-6(5)16/h5,8H,1-4H2,(H,18,19,20). The molecule has 2 atom stereocenters. The van der Waals surface area contributed by atoms with Crippen LogP contribution in [0.4, 0.5) is 22.0 Å². The zero-order valence-electron chi connectivity index (χ0n) is 10.8. The average molecular weight is 354 g/mol. The van der Waals surface area contributed by atoms with Gasteiger partial charge in [0.25, 0.3) is 6.10 Å². The molecule has 1 N–H and O–H groups in total. The van der Waals surface area contributed by atoms with Crippen LogP contribution in [0.5, 0.6) is 0 Å². The minimum atomic E-state index is -6.49. The molecule has 0 aromatic heterocycles. The number of rotatable bonds is 4. The van der Waals surface area contributed by atoms with Gasteiger partial charge in [0.1, 0.15) is 11.7 Å². The van der Waals surface area contributed by atoms with Gasteiger partial charge in [-0.2, -0.15) is 30.4 Å². The maximum absolute atomic E-state index is 13.2. The van der Waals surface area contributed by atoms with Gasteiger partial charge in [0.15, 0.2) is 0 Å². The molecule has 1 saturated carbocycles. The van der Waals surface area contributed by atoms with Gasteiger partial charge in [-0.05, 0) is 12.8 Å². The van der Waals surface area contributed by atoms with Crippen LogP contribution in [0.15, 0.2) is 0 Å². The summed E-state index contributed by atoms with van der Waals surface area (Å²) in [6.07, 6.45) is -9.97. The minimum Gasteiger partial charge on any atom is -0.444 e. The molecule has 0 aliphatic heterocycles. The first-order valence-corrected chi connectivity index (χ1v) is 7.37. The fourth-order valence-electron chi connectivity index (χ4n) is 1.89. The predicted octanol–water partition coefficient (Wildman–Crippen LogP) is 1.70. The number of ketones is 1. The molecule has 0 aromatic carbocycles. The molecule has 6 nitrogen and oxygen atoms in total. The Kier molecular flexibility index (Phi) is 5.17. The zero-order chi connectivity index (χ0) is 17.3. The van der Waals surface area contributed by atoms with E-state index in [1.165, 1.54) is 0 Å². The average Bonchev–Trinajstić information content (AvgIpc) is 2.33. The molecular formula is C10H11F5O6S. The molecule has 22 heavy (non-hydrogen) atoms. The molecule has 1 aliphatic carbocycles. The number of carbonyl (C=O) groups is 2. The number of carbonyl (C=O) groups excluding carboxylic acids is 2. The molecule has 0 spiro atoms. The van der Waals surface area contributed by atoms with E-state index in [-0.39, 0.29) is 12.8 Å². The summed E-state index contributed by atoms with van der Waals surface area (Å²) in [4.78, 5) is 22.9. The quantitative estimate of drug-likeness (QED) is 0.357. The first-order chi connectivity index (χ1) is 9.78. The SMILES string of the molecule is O=C1CCCCC1C(=O)OC(C(F)(F)F)C(F)(F)S(=O)(=O)O. The van der Waals surface area contributed by atoms with E-state index in [9.17, 15) is 40.0 Å². The normalized spacial score (nSPS) is 22.3. The highest BCUT2D eigenvalue weighted by molar-refractivity contribution is 7.86. The van der Waals surface area contributed by atoms with Gasteiger partial charge >= 0.3 is 27.5 Å². The lowest BCUT2D eigenvalue weighted by atomic mass is 9.88. The summed E-state index contributed by atoms with van der Waals surface area (Å²) in [6, 6.07) is 0. The van der Waals surface area contributed by atoms with Crippen LogP contribution in [0.2, 0.25) is 0 Å². The summed E-state index contributed by atoms with van der Waals surface area (Å²) in [7, 11) is -6.49. The van der Waals surface area contributed by atoms with Gasteiger partial charge in [0.05, 0.1) is 0 Å². The number of hydrogen-bond acceptors (Lipinski definition) is 5. The molecule has 0 radical (unpaired) electrons.